The van der Waals surface area contributed by atoms with E-state index in [0.717, 1.165) is 10.6 Å². The van der Waals surface area contributed by atoms with Gasteiger partial charge in [-0.25, -0.2) is 8.42 Å². The molecular weight excluding hydrogens is 384 g/mol. The van der Waals surface area contributed by atoms with Crippen molar-refractivity contribution in [3.05, 3.63) is 35.7 Å². The van der Waals surface area contributed by atoms with Crippen molar-refractivity contribution in [2.24, 2.45) is 5.92 Å². The number of carbonyl (C=O) groups excluding carboxylic acids is 1. The molecule has 1 aromatic carbocycles. The lowest BCUT2D eigenvalue weighted by Gasteiger charge is -2.30. The van der Waals surface area contributed by atoms with E-state index in [0.29, 0.717) is 37.3 Å². The Morgan fingerprint density at radius 1 is 1.30 bits per heavy atom. The number of nitrogens with one attached hydrogen (secondary N) is 2. The number of aromatic nitrogens is 2. The predicted molar refractivity (Wildman–Crippen MR) is 106 cm³/mol. The van der Waals surface area contributed by atoms with Gasteiger partial charge in [-0.05, 0) is 51.1 Å². The number of sulfonamides is 1. The zero-order valence-corrected chi connectivity index (χ0v) is 17.3. The molecule has 0 unspecified atom stereocenters. The Kier molecular flexibility index (Phi) is 5.92. The lowest BCUT2D eigenvalue weighted by atomic mass is 9.97. The summed E-state index contributed by atoms with van der Waals surface area (Å²) in [4.78, 5) is 13.9. The van der Waals surface area contributed by atoms with Crippen LogP contribution in [0.2, 0.25) is 0 Å². The number of carbonyl (C=O) groups is 1. The number of thioether (sulfide) groups is 1. The maximum atomic E-state index is 12.9. The van der Waals surface area contributed by atoms with Crippen LogP contribution in [0.25, 0.3) is 0 Å². The second-order valence-electron chi connectivity index (χ2n) is 6.66. The van der Waals surface area contributed by atoms with Crippen LogP contribution < -0.4 is 5.32 Å². The van der Waals surface area contributed by atoms with E-state index < -0.39 is 10.0 Å². The number of hydrogen-bond donors (Lipinski definition) is 2. The molecule has 1 aliphatic rings. The van der Waals surface area contributed by atoms with Crippen LogP contribution in [0.1, 0.15) is 24.2 Å². The van der Waals surface area contributed by atoms with Crippen LogP contribution in [0.15, 0.2) is 34.1 Å². The van der Waals surface area contributed by atoms with Crippen LogP contribution in [0, 0.1) is 19.8 Å². The predicted octanol–water partition coefficient (Wildman–Crippen LogP) is 2.79. The Morgan fingerprint density at radius 3 is 2.59 bits per heavy atom. The van der Waals surface area contributed by atoms with Crippen molar-refractivity contribution in [1.29, 1.82) is 0 Å². The first-order chi connectivity index (χ1) is 12.8. The molecule has 9 heteroatoms. The Hall–Kier alpha value is -1.84. The van der Waals surface area contributed by atoms with Crippen molar-refractivity contribution in [1.82, 2.24) is 14.5 Å². The van der Waals surface area contributed by atoms with Gasteiger partial charge in [0.2, 0.25) is 15.9 Å². The zero-order valence-electron chi connectivity index (χ0n) is 15.7. The minimum Gasteiger partial charge on any atom is -0.326 e. The lowest BCUT2D eigenvalue weighted by Crippen LogP contribution is -2.41. The summed E-state index contributed by atoms with van der Waals surface area (Å²) in [6.45, 7) is 4.04. The number of aryl methyl sites for hydroxylation is 2. The van der Waals surface area contributed by atoms with E-state index in [9.17, 15) is 13.2 Å². The Balaban J connectivity index is 1.64. The molecule has 2 heterocycles. The van der Waals surface area contributed by atoms with Gasteiger partial charge in [0.1, 0.15) is 4.90 Å². The van der Waals surface area contributed by atoms with E-state index in [2.05, 4.69) is 15.5 Å². The highest BCUT2D eigenvalue weighted by Gasteiger charge is 2.34. The quantitative estimate of drug-likeness (QED) is 0.742. The number of benzene rings is 1. The fraction of sp³-hybridized carbons (Fsp3) is 0.444. The molecule has 0 radical (unpaired) electrons. The van der Waals surface area contributed by atoms with Crippen LogP contribution in [0.5, 0.6) is 0 Å². The molecule has 1 aromatic heterocycles. The average Bonchev–Trinajstić information content (AvgIpc) is 3.01. The van der Waals surface area contributed by atoms with Crippen molar-refractivity contribution < 1.29 is 13.2 Å². The summed E-state index contributed by atoms with van der Waals surface area (Å²) in [6, 6.07) is 7.70. The van der Waals surface area contributed by atoms with E-state index in [1.807, 2.05) is 30.5 Å². The van der Waals surface area contributed by atoms with Gasteiger partial charge in [-0.2, -0.15) is 9.40 Å². The fourth-order valence-electron chi connectivity index (χ4n) is 3.35. The molecule has 0 spiro atoms. The van der Waals surface area contributed by atoms with Gasteiger partial charge < -0.3 is 5.32 Å². The normalized spacial score (nSPS) is 16.4. The summed E-state index contributed by atoms with van der Waals surface area (Å²) in [5, 5.41) is 9.66. The van der Waals surface area contributed by atoms with Crippen LogP contribution in [0.4, 0.5) is 5.69 Å². The van der Waals surface area contributed by atoms with Crippen LogP contribution in [0.3, 0.4) is 0 Å². The molecule has 27 heavy (non-hydrogen) atoms. The van der Waals surface area contributed by atoms with E-state index >= 15 is 0 Å². The molecular formula is C18H24N4O3S2. The molecule has 2 aromatic rings. The third-order valence-electron chi connectivity index (χ3n) is 4.82. The third kappa shape index (κ3) is 4.20. The van der Waals surface area contributed by atoms with E-state index in [1.165, 1.54) is 4.31 Å². The number of H-pyrrole nitrogens is 1. The minimum absolute atomic E-state index is 0.0547. The van der Waals surface area contributed by atoms with Crippen LogP contribution >= 0.6 is 11.8 Å². The van der Waals surface area contributed by atoms with Gasteiger partial charge in [-0.3, -0.25) is 9.89 Å². The van der Waals surface area contributed by atoms with Crippen molar-refractivity contribution >= 4 is 33.4 Å². The number of rotatable bonds is 5. The van der Waals surface area contributed by atoms with Crippen molar-refractivity contribution in [3.8, 4) is 0 Å². The van der Waals surface area contributed by atoms with Gasteiger partial charge in [-0.1, -0.05) is 6.07 Å². The van der Waals surface area contributed by atoms with Crippen molar-refractivity contribution in [3.63, 3.8) is 0 Å². The molecule has 1 saturated heterocycles. The summed E-state index contributed by atoms with van der Waals surface area (Å²) >= 11 is 1.62. The van der Waals surface area contributed by atoms with Gasteiger partial charge in [0.25, 0.3) is 0 Å². The topological polar surface area (TPSA) is 95.2 Å². The summed E-state index contributed by atoms with van der Waals surface area (Å²) in [6.07, 6.45) is 2.99. The first kappa shape index (κ1) is 19.9. The summed E-state index contributed by atoms with van der Waals surface area (Å²) < 4.78 is 27.2. The molecule has 0 aliphatic carbocycles. The van der Waals surface area contributed by atoms with Crippen LogP contribution in [-0.4, -0.2) is 48.2 Å². The maximum Gasteiger partial charge on any atom is 0.246 e. The van der Waals surface area contributed by atoms with Gasteiger partial charge in [0.05, 0.1) is 11.4 Å². The number of piperidine rings is 1. The maximum absolute atomic E-state index is 12.9. The molecule has 0 saturated carbocycles. The smallest absolute Gasteiger partial charge is 0.246 e. The van der Waals surface area contributed by atoms with E-state index in [-0.39, 0.29) is 16.7 Å². The highest BCUT2D eigenvalue weighted by Crippen LogP contribution is 2.27. The van der Waals surface area contributed by atoms with Crippen LogP contribution in [-0.2, 0) is 14.8 Å². The first-order valence-corrected chi connectivity index (χ1v) is 11.5. The molecule has 1 aliphatic heterocycles. The fourth-order valence-corrected chi connectivity index (χ4v) is 5.61. The van der Waals surface area contributed by atoms with Gasteiger partial charge >= 0.3 is 0 Å². The second-order valence-corrected chi connectivity index (χ2v) is 9.42. The second kappa shape index (κ2) is 8.04. The van der Waals surface area contributed by atoms with Gasteiger partial charge in [-0.15, -0.1) is 11.8 Å². The molecule has 1 fully saturated rings. The first-order valence-electron chi connectivity index (χ1n) is 8.79. The zero-order chi connectivity index (χ0) is 19.6. The van der Waals surface area contributed by atoms with E-state index in [4.69, 9.17) is 0 Å². The van der Waals surface area contributed by atoms with Gasteiger partial charge in [0.15, 0.2) is 0 Å². The van der Waals surface area contributed by atoms with E-state index in [1.54, 1.807) is 25.6 Å². The average molecular weight is 409 g/mol. The van der Waals surface area contributed by atoms with Gasteiger partial charge in [0, 0.05) is 29.6 Å². The summed E-state index contributed by atoms with van der Waals surface area (Å²) in [5.41, 5.74) is 1.79. The molecule has 2 N–H and O–H groups in total. The Labute approximate surface area is 164 Å². The number of hydrogen-bond acceptors (Lipinski definition) is 5. The Bertz CT molecular complexity index is 912. The van der Waals surface area contributed by atoms with Crippen molar-refractivity contribution in [2.45, 2.75) is 36.5 Å². The SMILES string of the molecule is CSc1cccc(NC(=O)C2CCN(S(=O)(=O)c3c(C)n[nH]c3C)CC2)c1. The minimum atomic E-state index is -3.59. The monoisotopic (exact) mass is 408 g/mol. The number of nitrogens with zero attached hydrogens (tertiary/aromatic N) is 2. The highest BCUT2D eigenvalue weighted by molar-refractivity contribution is 7.98. The standard InChI is InChI=1S/C18H24N4O3S2/c1-12-17(13(2)21-20-12)27(24,25)22-9-7-14(8-10-22)18(23)19-15-5-4-6-16(11-15)26-3/h4-6,11,14H,7-10H2,1-3H3,(H,19,23)(H,20,21). The molecule has 1 amide bonds. The molecule has 0 bridgehead atoms. The summed E-state index contributed by atoms with van der Waals surface area (Å²) in [5.74, 6) is -0.248. The molecule has 3 rings (SSSR count). The highest BCUT2D eigenvalue weighted by atomic mass is 32.2. The molecule has 0 atom stereocenters. The third-order valence-corrected chi connectivity index (χ3v) is 7.71. The molecule has 7 nitrogen and oxygen atoms in total. The molecule has 146 valence electrons. The number of amides is 1. The number of anilines is 1. The largest absolute Gasteiger partial charge is 0.326 e. The Morgan fingerprint density at radius 2 is 2.00 bits per heavy atom. The summed E-state index contributed by atoms with van der Waals surface area (Å²) in [7, 11) is -3.59. The van der Waals surface area contributed by atoms with Crippen molar-refractivity contribution in [2.75, 3.05) is 24.7 Å². The lowest BCUT2D eigenvalue weighted by molar-refractivity contribution is -0.120. The number of aromatic amines is 1.